The third-order valence-electron chi connectivity index (χ3n) is 4.80. The molecule has 0 saturated heterocycles. The maximum Gasteiger partial charge on any atom is 0.219 e. The third kappa shape index (κ3) is 3.38. The molecule has 0 radical (unpaired) electrons. The highest BCUT2D eigenvalue weighted by Gasteiger charge is 2.25. The number of amides is 1. The first-order valence-electron chi connectivity index (χ1n) is 8.69. The fraction of sp³-hybridized carbons (Fsp3) is 0.263. The van der Waals surface area contributed by atoms with E-state index in [9.17, 15) is 9.18 Å². The molecule has 8 heteroatoms. The topological polar surface area (TPSA) is 97.0 Å². The molecule has 0 bridgehead atoms. The normalized spacial score (nSPS) is 16.7. The van der Waals surface area contributed by atoms with Gasteiger partial charge < -0.3 is 16.0 Å². The molecular weight excluding hydrogens is 347 g/mol. The lowest BCUT2D eigenvalue weighted by Gasteiger charge is -2.20. The number of anilines is 2. The van der Waals surface area contributed by atoms with Gasteiger partial charge in [-0.05, 0) is 41.8 Å². The third-order valence-corrected chi connectivity index (χ3v) is 4.80. The molecule has 2 aromatic heterocycles. The Hall–Kier alpha value is -3.29. The van der Waals surface area contributed by atoms with Crippen LogP contribution in [0.2, 0.25) is 0 Å². The Morgan fingerprint density at radius 1 is 1.30 bits per heavy atom. The van der Waals surface area contributed by atoms with Crippen LogP contribution < -0.4 is 11.1 Å². The van der Waals surface area contributed by atoms with Crippen LogP contribution in [-0.2, 0) is 11.3 Å². The Morgan fingerprint density at radius 2 is 2.15 bits per heavy atom. The van der Waals surface area contributed by atoms with Gasteiger partial charge in [0.25, 0.3) is 0 Å². The number of rotatable bonds is 2. The second-order valence-electron chi connectivity index (χ2n) is 6.60. The number of aromatic nitrogens is 3. The molecule has 1 unspecified atom stereocenters. The molecule has 0 aliphatic carbocycles. The van der Waals surface area contributed by atoms with Gasteiger partial charge >= 0.3 is 0 Å². The van der Waals surface area contributed by atoms with Crippen molar-refractivity contribution in [2.24, 2.45) is 0 Å². The average molecular weight is 366 g/mol. The molecule has 1 amide bonds. The Morgan fingerprint density at radius 3 is 2.96 bits per heavy atom. The Bertz CT molecular complexity index is 1020. The number of halogens is 1. The summed E-state index contributed by atoms with van der Waals surface area (Å²) in [5, 5.41) is 4.18. The van der Waals surface area contributed by atoms with Crippen molar-refractivity contribution in [1.82, 2.24) is 19.9 Å². The molecule has 0 fully saturated rings. The van der Waals surface area contributed by atoms with Crippen LogP contribution in [0.5, 0.6) is 0 Å². The maximum atomic E-state index is 13.8. The second kappa shape index (κ2) is 6.79. The number of hydrogen-bond acceptors (Lipinski definition) is 6. The van der Waals surface area contributed by atoms with Gasteiger partial charge in [-0.25, -0.2) is 19.3 Å². The van der Waals surface area contributed by atoms with Crippen molar-refractivity contribution >= 4 is 28.6 Å². The largest absolute Gasteiger partial charge is 0.384 e. The summed E-state index contributed by atoms with van der Waals surface area (Å²) in [5.74, 6) is 0.673. The maximum absolute atomic E-state index is 13.8. The average Bonchev–Trinajstić information content (AvgIpc) is 2.81. The van der Waals surface area contributed by atoms with Crippen molar-refractivity contribution < 1.29 is 9.18 Å². The number of nitrogens with zero attached hydrogens (tertiary/aromatic N) is 4. The van der Waals surface area contributed by atoms with E-state index >= 15 is 0 Å². The molecule has 1 atom stereocenters. The van der Waals surface area contributed by atoms with Crippen LogP contribution in [0.4, 0.5) is 16.0 Å². The molecule has 3 heterocycles. The predicted octanol–water partition coefficient (Wildman–Crippen LogP) is 2.65. The van der Waals surface area contributed by atoms with E-state index in [1.165, 1.54) is 25.4 Å². The fourth-order valence-corrected chi connectivity index (χ4v) is 3.43. The zero-order valence-corrected chi connectivity index (χ0v) is 14.8. The number of nitrogen functional groups attached to an aromatic ring is 1. The summed E-state index contributed by atoms with van der Waals surface area (Å²) in [4.78, 5) is 26.3. The quantitative estimate of drug-likeness (QED) is 0.724. The van der Waals surface area contributed by atoms with E-state index in [1.807, 2.05) is 6.07 Å². The minimum Gasteiger partial charge on any atom is -0.384 e. The standard InChI is InChI=1S/C19H19FN6O/c1-11(27)26-7-6-16(14-3-2-13(20)8-12(14)9-26)24-18-15-4-5-17(21)25-19(15)23-10-22-18/h2-5,8,10,16H,6-7,9H2,1H3,(H3,21,22,23,24,25). The minimum absolute atomic E-state index is 0.0296. The van der Waals surface area contributed by atoms with Gasteiger partial charge in [0, 0.05) is 20.0 Å². The van der Waals surface area contributed by atoms with Gasteiger partial charge in [0.1, 0.15) is 23.8 Å². The molecular formula is C19H19FN6O. The van der Waals surface area contributed by atoms with E-state index in [2.05, 4.69) is 20.3 Å². The first-order valence-corrected chi connectivity index (χ1v) is 8.69. The number of hydrogen-bond donors (Lipinski definition) is 2. The van der Waals surface area contributed by atoms with Gasteiger partial charge in [0.2, 0.25) is 5.91 Å². The van der Waals surface area contributed by atoms with Crippen molar-refractivity contribution in [2.45, 2.75) is 25.9 Å². The highest BCUT2D eigenvalue weighted by molar-refractivity contribution is 5.87. The SMILES string of the molecule is CC(=O)N1CCC(Nc2ncnc3nc(N)ccc23)c2ccc(F)cc2C1. The highest BCUT2D eigenvalue weighted by atomic mass is 19.1. The summed E-state index contributed by atoms with van der Waals surface area (Å²) in [6, 6.07) is 8.10. The van der Waals surface area contributed by atoms with E-state index in [0.29, 0.717) is 36.8 Å². The summed E-state index contributed by atoms with van der Waals surface area (Å²) >= 11 is 0. The van der Waals surface area contributed by atoms with Crippen LogP contribution in [0.3, 0.4) is 0 Å². The van der Waals surface area contributed by atoms with E-state index in [1.54, 1.807) is 17.0 Å². The molecule has 138 valence electrons. The summed E-state index contributed by atoms with van der Waals surface area (Å²) in [6.45, 7) is 2.49. The molecule has 1 aliphatic heterocycles. The predicted molar refractivity (Wildman–Crippen MR) is 100 cm³/mol. The lowest BCUT2D eigenvalue weighted by atomic mass is 9.99. The van der Waals surface area contributed by atoms with E-state index in [0.717, 1.165) is 16.5 Å². The first kappa shape index (κ1) is 17.1. The van der Waals surface area contributed by atoms with Gasteiger partial charge in [-0.2, -0.15) is 0 Å². The molecule has 4 rings (SSSR count). The van der Waals surface area contributed by atoms with Gasteiger partial charge in [0.05, 0.1) is 11.4 Å². The van der Waals surface area contributed by atoms with Crippen LogP contribution in [-0.4, -0.2) is 32.3 Å². The number of carbonyl (C=O) groups excluding carboxylic acids is 1. The molecule has 3 aromatic rings. The zero-order chi connectivity index (χ0) is 19.0. The fourth-order valence-electron chi connectivity index (χ4n) is 3.43. The van der Waals surface area contributed by atoms with Crippen molar-refractivity contribution in [3.8, 4) is 0 Å². The van der Waals surface area contributed by atoms with Crippen LogP contribution in [0, 0.1) is 5.82 Å². The zero-order valence-electron chi connectivity index (χ0n) is 14.8. The Labute approximate surface area is 155 Å². The summed E-state index contributed by atoms with van der Waals surface area (Å²) < 4.78 is 13.8. The number of benzene rings is 1. The number of carbonyl (C=O) groups is 1. The number of nitrogens with one attached hydrogen (secondary N) is 1. The summed E-state index contributed by atoms with van der Waals surface area (Å²) in [5.41, 5.74) is 7.99. The molecule has 27 heavy (non-hydrogen) atoms. The lowest BCUT2D eigenvalue weighted by Crippen LogP contribution is -2.28. The van der Waals surface area contributed by atoms with E-state index in [-0.39, 0.29) is 17.8 Å². The minimum atomic E-state index is -0.315. The molecule has 7 nitrogen and oxygen atoms in total. The number of pyridine rings is 1. The molecule has 0 saturated carbocycles. The molecule has 0 spiro atoms. The van der Waals surface area contributed by atoms with E-state index in [4.69, 9.17) is 5.73 Å². The second-order valence-corrected chi connectivity index (χ2v) is 6.60. The smallest absolute Gasteiger partial charge is 0.219 e. The molecule has 1 aromatic carbocycles. The number of nitrogens with two attached hydrogens (primary N) is 1. The summed E-state index contributed by atoms with van der Waals surface area (Å²) in [6.07, 6.45) is 2.10. The Balaban J connectivity index is 1.73. The summed E-state index contributed by atoms with van der Waals surface area (Å²) in [7, 11) is 0. The van der Waals surface area contributed by atoms with Crippen molar-refractivity contribution in [3.63, 3.8) is 0 Å². The number of fused-ring (bicyclic) bond motifs is 2. The monoisotopic (exact) mass is 366 g/mol. The van der Waals surface area contributed by atoms with Crippen molar-refractivity contribution in [1.29, 1.82) is 0 Å². The Kier molecular flexibility index (Phi) is 4.31. The van der Waals surface area contributed by atoms with Crippen molar-refractivity contribution in [2.75, 3.05) is 17.6 Å². The molecule has 1 aliphatic rings. The molecule has 3 N–H and O–H groups in total. The lowest BCUT2D eigenvalue weighted by molar-refractivity contribution is -0.129. The van der Waals surface area contributed by atoms with Gasteiger partial charge in [-0.1, -0.05) is 6.07 Å². The van der Waals surface area contributed by atoms with Crippen LogP contribution in [0.15, 0.2) is 36.7 Å². The first-order chi connectivity index (χ1) is 13.0. The van der Waals surface area contributed by atoms with Crippen LogP contribution >= 0.6 is 0 Å². The highest BCUT2D eigenvalue weighted by Crippen LogP contribution is 2.31. The van der Waals surface area contributed by atoms with E-state index < -0.39 is 0 Å². The van der Waals surface area contributed by atoms with Gasteiger partial charge in [-0.15, -0.1) is 0 Å². The van der Waals surface area contributed by atoms with Crippen LogP contribution in [0.25, 0.3) is 11.0 Å². The van der Waals surface area contributed by atoms with Crippen LogP contribution in [0.1, 0.15) is 30.5 Å². The van der Waals surface area contributed by atoms with Crippen molar-refractivity contribution in [3.05, 3.63) is 53.6 Å². The van der Waals surface area contributed by atoms with Gasteiger partial charge in [-0.3, -0.25) is 4.79 Å². The van der Waals surface area contributed by atoms with Gasteiger partial charge in [0.15, 0.2) is 5.65 Å².